The lowest BCUT2D eigenvalue weighted by atomic mass is 9.97. The van der Waals surface area contributed by atoms with Crippen LogP contribution in [0, 0.1) is 5.92 Å². The summed E-state index contributed by atoms with van der Waals surface area (Å²) in [5.74, 6) is 0.611. The fraction of sp³-hybridized carbons (Fsp3) is 0.455. The van der Waals surface area contributed by atoms with E-state index in [0.29, 0.717) is 12.0 Å². The molecule has 13 heavy (non-hydrogen) atoms. The van der Waals surface area contributed by atoms with Crippen LogP contribution in [-0.2, 0) is 10.8 Å². The summed E-state index contributed by atoms with van der Waals surface area (Å²) in [5.41, 5.74) is 1.40. The molecule has 0 bridgehead atoms. The van der Waals surface area contributed by atoms with Crippen LogP contribution in [0.25, 0.3) is 0 Å². The lowest BCUT2D eigenvalue weighted by Crippen LogP contribution is -2.18. The first-order chi connectivity index (χ1) is 6.24. The molecule has 2 unspecified atom stereocenters. The Bertz CT molecular complexity index is 235. The first-order valence-corrected chi connectivity index (χ1v) is 5.62. The Kier molecular flexibility index (Phi) is 4.19. The van der Waals surface area contributed by atoms with Gasteiger partial charge in [-0.1, -0.05) is 37.3 Å². The zero-order chi connectivity index (χ0) is 9.68. The monoisotopic (exact) mass is 194 g/mol. The minimum Gasteiger partial charge on any atom is -0.425 e. The van der Waals surface area contributed by atoms with Crippen LogP contribution in [0.15, 0.2) is 30.3 Å². The van der Waals surface area contributed by atoms with Gasteiger partial charge in [-0.25, -0.2) is 0 Å². The normalized spacial score (nSPS) is 15.5. The van der Waals surface area contributed by atoms with Gasteiger partial charge in [0.2, 0.25) is 0 Å². The van der Waals surface area contributed by atoms with Crippen LogP contribution >= 0.6 is 0 Å². The van der Waals surface area contributed by atoms with Crippen molar-refractivity contribution in [2.75, 3.05) is 0 Å². The van der Waals surface area contributed by atoms with Crippen molar-refractivity contribution in [1.29, 1.82) is 0 Å². The molecule has 0 spiro atoms. The van der Waals surface area contributed by atoms with Crippen molar-refractivity contribution in [3.05, 3.63) is 35.9 Å². The summed E-state index contributed by atoms with van der Waals surface area (Å²) in [5, 5.41) is 0. The second-order valence-electron chi connectivity index (χ2n) is 3.61. The van der Waals surface area contributed by atoms with Crippen LogP contribution in [0.5, 0.6) is 0 Å². The van der Waals surface area contributed by atoms with Crippen molar-refractivity contribution in [3.63, 3.8) is 0 Å². The first kappa shape index (κ1) is 10.5. The van der Waals surface area contributed by atoms with Gasteiger partial charge in [0.05, 0.1) is 0 Å². The maximum absolute atomic E-state index is 5.42. The molecule has 0 heterocycles. The molecule has 72 valence electrons. The van der Waals surface area contributed by atoms with Gasteiger partial charge < -0.3 is 4.43 Å². The molecule has 2 heteroatoms. The van der Waals surface area contributed by atoms with Crippen LogP contribution in [0.3, 0.4) is 0 Å². The topological polar surface area (TPSA) is 9.23 Å². The van der Waals surface area contributed by atoms with Gasteiger partial charge in [0.25, 0.3) is 0 Å². The highest BCUT2D eigenvalue weighted by atomic mass is 28.2. The Morgan fingerprint density at radius 1 is 1.23 bits per heavy atom. The summed E-state index contributed by atoms with van der Waals surface area (Å²) in [6.45, 7) is 4.40. The van der Waals surface area contributed by atoms with Crippen LogP contribution in [0.2, 0.25) is 0 Å². The zero-order valence-electron chi connectivity index (χ0n) is 8.66. The average Bonchev–Trinajstić information content (AvgIpc) is 2.18. The van der Waals surface area contributed by atoms with Gasteiger partial charge in [-0.2, -0.15) is 0 Å². The molecule has 1 aromatic rings. The summed E-state index contributed by atoms with van der Waals surface area (Å²) in [4.78, 5) is 0. The van der Waals surface area contributed by atoms with Crippen molar-refractivity contribution in [2.24, 2.45) is 5.92 Å². The second kappa shape index (κ2) is 5.20. The van der Waals surface area contributed by atoms with Gasteiger partial charge in [0.1, 0.15) is 10.5 Å². The molecular weight excluding hydrogens is 176 g/mol. The predicted octanol–water partition coefficient (Wildman–Crippen LogP) is 1.55. The number of rotatable bonds is 4. The summed E-state index contributed by atoms with van der Waals surface area (Å²) in [6, 6.07) is 10.6. The molecule has 0 saturated heterocycles. The first-order valence-electron chi connectivity index (χ1n) is 4.80. The molecule has 1 rings (SSSR count). The van der Waals surface area contributed by atoms with E-state index in [1.807, 2.05) is 0 Å². The average molecular weight is 194 g/mol. The Hall–Kier alpha value is -0.603. The third-order valence-corrected chi connectivity index (χ3v) is 3.32. The Balaban J connectivity index is 2.50. The molecule has 2 atom stereocenters. The maximum atomic E-state index is 5.42. The molecule has 0 aliphatic rings. The second-order valence-corrected chi connectivity index (χ2v) is 4.08. The number of hydrogen-bond acceptors (Lipinski definition) is 1. The highest BCUT2D eigenvalue weighted by Gasteiger charge is 2.10. The standard InChI is InChI=1S/C11H18OSi/c1-9(10(2)12-13)8-11-6-4-3-5-7-11/h3-7,9-10H,8H2,1-2,13H3. The quantitative estimate of drug-likeness (QED) is 0.661. The SMILES string of the molecule is CC(Cc1ccccc1)C(C)O[SiH3]. The number of benzene rings is 1. The van der Waals surface area contributed by atoms with Crippen LogP contribution in [0.4, 0.5) is 0 Å². The van der Waals surface area contributed by atoms with Gasteiger partial charge in [0.15, 0.2) is 0 Å². The van der Waals surface area contributed by atoms with Crippen molar-refractivity contribution in [3.8, 4) is 0 Å². The van der Waals surface area contributed by atoms with Gasteiger partial charge in [-0.15, -0.1) is 0 Å². The predicted molar refractivity (Wildman–Crippen MR) is 59.8 cm³/mol. The van der Waals surface area contributed by atoms with Crippen molar-refractivity contribution < 1.29 is 4.43 Å². The fourth-order valence-electron chi connectivity index (χ4n) is 1.38. The highest BCUT2D eigenvalue weighted by molar-refractivity contribution is 5.98. The molecule has 1 aromatic carbocycles. The molecule has 0 aliphatic carbocycles. The lowest BCUT2D eigenvalue weighted by molar-refractivity contribution is 0.176. The minimum atomic E-state index is 0.395. The maximum Gasteiger partial charge on any atom is 0.146 e. The Labute approximate surface area is 83.7 Å². The van der Waals surface area contributed by atoms with Crippen molar-refractivity contribution in [2.45, 2.75) is 26.4 Å². The Morgan fingerprint density at radius 3 is 2.38 bits per heavy atom. The summed E-state index contributed by atoms with van der Waals surface area (Å²) in [7, 11) is 0.838. The molecule has 0 aromatic heterocycles. The minimum absolute atomic E-state index is 0.395. The van der Waals surface area contributed by atoms with E-state index in [0.717, 1.165) is 16.9 Å². The molecule has 0 fully saturated rings. The van der Waals surface area contributed by atoms with Gasteiger partial charge in [0, 0.05) is 6.10 Å². The van der Waals surface area contributed by atoms with Gasteiger partial charge >= 0.3 is 0 Å². The molecule has 0 radical (unpaired) electrons. The van der Waals surface area contributed by atoms with E-state index in [2.05, 4.69) is 44.2 Å². The zero-order valence-corrected chi connectivity index (χ0v) is 10.7. The van der Waals surface area contributed by atoms with Gasteiger partial charge in [-0.05, 0) is 24.8 Å². The number of hydrogen-bond donors (Lipinski definition) is 0. The molecular formula is C11H18OSi. The summed E-state index contributed by atoms with van der Waals surface area (Å²) >= 11 is 0. The van der Waals surface area contributed by atoms with E-state index in [9.17, 15) is 0 Å². The van der Waals surface area contributed by atoms with E-state index in [1.54, 1.807) is 0 Å². The highest BCUT2D eigenvalue weighted by Crippen LogP contribution is 2.13. The van der Waals surface area contributed by atoms with E-state index < -0.39 is 0 Å². The van der Waals surface area contributed by atoms with Gasteiger partial charge in [-0.3, -0.25) is 0 Å². The van der Waals surface area contributed by atoms with E-state index in [-0.39, 0.29) is 0 Å². The molecule has 0 saturated carbocycles. The van der Waals surface area contributed by atoms with Crippen molar-refractivity contribution in [1.82, 2.24) is 0 Å². The van der Waals surface area contributed by atoms with Crippen LogP contribution in [0.1, 0.15) is 19.4 Å². The molecule has 0 amide bonds. The molecule has 0 N–H and O–H groups in total. The molecule has 0 aliphatic heterocycles. The van der Waals surface area contributed by atoms with E-state index in [1.165, 1.54) is 5.56 Å². The largest absolute Gasteiger partial charge is 0.425 e. The van der Waals surface area contributed by atoms with Crippen LogP contribution < -0.4 is 0 Å². The fourth-order valence-corrected chi connectivity index (χ4v) is 1.85. The van der Waals surface area contributed by atoms with E-state index >= 15 is 0 Å². The smallest absolute Gasteiger partial charge is 0.146 e. The summed E-state index contributed by atoms with van der Waals surface area (Å²) in [6.07, 6.45) is 1.51. The third kappa shape index (κ3) is 3.33. The van der Waals surface area contributed by atoms with Crippen LogP contribution in [-0.4, -0.2) is 16.6 Å². The lowest BCUT2D eigenvalue weighted by Gasteiger charge is -2.18. The van der Waals surface area contributed by atoms with Crippen molar-refractivity contribution >= 4 is 10.5 Å². The van der Waals surface area contributed by atoms with E-state index in [4.69, 9.17) is 4.43 Å². The third-order valence-electron chi connectivity index (χ3n) is 2.57. The molecule has 1 nitrogen and oxygen atoms in total. The summed E-state index contributed by atoms with van der Waals surface area (Å²) < 4.78 is 5.42. The Morgan fingerprint density at radius 2 is 1.85 bits per heavy atom.